The van der Waals surface area contributed by atoms with Gasteiger partial charge in [-0.15, -0.1) is 0 Å². The van der Waals surface area contributed by atoms with Crippen LogP contribution in [0.5, 0.6) is 5.75 Å². The van der Waals surface area contributed by atoms with Gasteiger partial charge in [0.2, 0.25) is 0 Å². The van der Waals surface area contributed by atoms with Gasteiger partial charge in [0.15, 0.2) is 0 Å². The largest absolute Gasteiger partial charge is 0.484 e. The number of aryl methyl sites for hydroxylation is 2. The van der Waals surface area contributed by atoms with Gasteiger partial charge >= 0.3 is 5.91 Å². The van der Waals surface area contributed by atoms with Crippen LogP contribution in [0.2, 0.25) is 0 Å². The van der Waals surface area contributed by atoms with Gasteiger partial charge in [-0.2, -0.15) is 0 Å². The fourth-order valence-electron chi connectivity index (χ4n) is 3.39. The normalized spacial score (nSPS) is 15.9. The number of anilines is 2. The average Bonchev–Trinajstić information content (AvgIpc) is 3.48. The Bertz CT molecular complexity index is 1020. The highest BCUT2D eigenvalue weighted by molar-refractivity contribution is 14.1. The fourth-order valence-corrected chi connectivity index (χ4v) is 3.89. The minimum absolute atomic E-state index is 0.0751. The number of aromatic nitrogens is 1. The first kappa shape index (κ1) is 20.2. The van der Waals surface area contributed by atoms with Crippen LogP contribution in [-0.4, -0.2) is 30.2 Å². The van der Waals surface area contributed by atoms with Gasteiger partial charge in [0.25, 0.3) is 0 Å². The third-order valence-electron chi connectivity index (χ3n) is 5.15. The Hall–Kier alpha value is -2.11. The van der Waals surface area contributed by atoms with Crippen molar-refractivity contribution >= 4 is 40.0 Å². The van der Waals surface area contributed by atoms with Gasteiger partial charge in [0, 0.05) is 3.57 Å². The summed E-state index contributed by atoms with van der Waals surface area (Å²) in [5, 5.41) is 0. The molecule has 150 valence electrons. The first-order valence-electron chi connectivity index (χ1n) is 9.76. The lowest BCUT2D eigenvalue weighted by Crippen LogP contribution is -2.38. The SMILES string of the molecule is CC#CC(=O)N(c1cc(C)c(I)cc1C1CC1)c1ncc(OC2COC2)cc1C. The van der Waals surface area contributed by atoms with E-state index in [9.17, 15) is 4.79 Å². The van der Waals surface area contributed by atoms with Crippen LogP contribution >= 0.6 is 22.6 Å². The van der Waals surface area contributed by atoms with Crippen LogP contribution in [0.1, 0.15) is 42.4 Å². The van der Waals surface area contributed by atoms with Crippen molar-refractivity contribution in [3.8, 4) is 17.6 Å². The predicted molar refractivity (Wildman–Crippen MR) is 121 cm³/mol. The molecule has 2 fully saturated rings. The topological polar surface area (TPSA) is 51.7 Å². The molecule has 29 heavy (non-hydrogen) atoms. The van der Waals surface area contributed by atoms with Crippen molar-refractivity contribution in [2.75, 3.05) is 18.1 Å². The molecule has 1 saturated carbocycles. The fraction of sp³-hybridized carbons (Fsp3) is 0.391. The molecule has 2 aromatic rings. The number of rotatable bonds is 5. The maximum Gasteiger partial charge on any atom is 0.308 e. The van der Waals surface area contributed by atoms with Crippen molar-refractivity contribution in [3.05, 3.63) is 44.7 Å². The Labute approximate surface area is 184 Å². The molecule has 0 atom stereocenters. The van der Waals surface area contributed by atoms with Crippen LogP contribution in [0.15, 0.2) is 24.4 Å². The Balaban J connectivity index is 1.78. The highest BCUT2D eigenvalue weighted by Gasteiger charge is 2.32. The summed E-state index contributed by atoms with van der Waals surface area (Å²) < 4.78 is 12.2. The molecule has 2 aliphatic rings. The van der Waals surface area contributed by atoms with Crippen molar-refractivity contribution < 1.29 is 14.3 Å². The molecule has 0 spiro atoms. The summed E-state index contributed by atoms with van der Waals surface area (Å²) in [6.07, 6.45) is 4.05. The summed E-state index contributed by atoms with van der Waals surface area (Å²) in [7, 11) is 0. The summed E-state index contributed by atoms with van der Waals surface area (Å²) in [6, 6.07) is 6.21. The molecule has 1 aromatic heterocycles. The number of carbonyl (C=O) groups is 1. The summed E-state index contributed by atoms with van der Waals surface area (Å²) in [4.78, 5) is 19.3. The molecule has 5 nitrogen and oxygen atoms in total. The molecule has 0 radical (unpaired) electrons. The van der Waals surface area contributed by atoms with Crippen LogP contribution in [0.3, 0.4) is 0 Å². The average molecular weight is 502 g/mol. The minimum Gasteiger partial charge on any atom is -0.484 e. The molecule has 1 aromatic carbocycles. The van der Waals surface area contributed by atoms with Crippen molar-refractivity contribution in [1.82, 2.24) is 4.98 Å². The number of nitrogens with zero attached hydrogens (tertiary/aromatic N) is 2. The van der Waals surface area contributed by atoms with E-state index in [0.717, 1.165) is 29.7 Å². The standard InChI is InChI=1S/C23H23IN2O3/c1-4-5-22(27)26(21-9-14(2)20(24)10-19(21)16-6-7-16)23-15(3)8-17(11-25-23)29-18-12-28-13-18/h8-11,16,18H,6-7,12-13H2,1-3H3. The first-order chi connectivity index (χ1) is 14.0. The zero-order valence-corrected chi connectivity index (χ0v) is 18.9. The highest BCUT2D eigenvalue weighted by atomic mass is 127. The molecule has 0 bridgehead atoms. The maximum atomic E-state index is 13.1. The molecule has 1 aliphatic heterocycles. The Morgan fingerprint density at radius 2 is 2.00 bits per heavy atom. The van der Waals surface area contributed by atoms with Crippen molar-refractivity contribution in [2.24, 2.45) is 0 Å². The highest BCUT2D eigenvalue weighted by Crippen LogP contribution is 2.47. The van der Waals surface area contributed by atoms with Crippen LogP contribution in [-0.2, 0) is 9.53 Å². The molecule has 1 saturated heterocycles. The zero-order chi connectivity index (χ0) is 20.5. The van der Waals surface area contributed by atoms with Gasteiger partial charge in [0.05, 0.1) is 25.1 Å². The maximum absolute atomic E-state index is 13.1. The van der Waals surface area contributed by atoms with Crippen LogP contribution in [0.4, 0.5) is 11.5 Å². The Kier molecular flexibility index (Phi) is 5.79. The molecule has 0 unspecified atom stereocenters. The number of pyridine rings is 1. The van der Waals surface area contributed by atoms with Crippen molar-refractivity contribution in [1.29, 1.82) is 0 Å². The third kappa shape index (κ3) is 4.26. The van der Waals surface area contributed by atoms with E-state index < -0.39 is 0 Å². The van der Waals surface area contributed by atoms with Crippen LogP contribution < -0.4 is 9.64 Å². The number of halogens is 1. The molecule has 2 heterocycles. The summed E-state index contributed by atoms with van der Waals surface area (Å²) in [5.74, 6) is 6.95. The summed E-state index contributed by atoms with van der Waals surface area (Å²) in [6.45, 7) is 6.89. The number of benzene rings is 1. The van der Waals surface area contributed by atoms with E-state index in [-0.39, 0.29) is 12.0 Å². The molecule has 1 aliphatic carbocycles. The van der Waals surface area contributed by atoms with Gasteiger partial charge < -0.3 is 9.47 Å². The van der Waals surface area contributed by atoms with Crippen molar-refractivity contribution in [2.45, 2.75) is 45.6 Å². The molecular weight excluding hydrogens is 479 g/mol. The Morgan fingerprint density at radius 1 is 1.24 bits per heavy atom. The lowest BCUT2D eigenvalue weighted by atomic mass is 10.0. The van der Waals surface area contributed by atoms with E-state index >= 15 is 0 Å². The lowest BCUT2D eigenvalue weighted by Gasteiger charge is -2.28. The van der Waals surface area contributed by atoms with E-state index in [1.165, 1.54) is 9.13 Å². The predicted octanol–water partition coefficient (Wildman–Crippen LogP) is 4.65. The van der Waals surface area contributed by atoms with Gasteiger partial charge in [-0.3, -0.25) is 9.69 Å². The van der Waals surface area contributed by atoms with Gasteiger partial charge in [-0.25, -0.2) is 4.98 Å². The summed E-state index contributed by atoms with van der Waals surface area (Å²) in [5.41, 5.74) is 4.08. The van der Waals surface area contributed by atoms with Gasteiger partial charge in [0.1, 0.15) is 17.7 Å². The van der Waals surface area contributed by atoms with E-state index in [1.54, 1.807) is 18.0 Å². The van der Waals surface area contributed by atoms with Gasteiger partial charge in [-0.05, 0) is 103 Å². The molecule has 1 amide bonds. The van der Waals surface area contributed by atoms with Crippen molar-refractivity contribution in [3.63, 3.8) is 0 Å². The van der Waals surface area contributed by atoms with E-state index in [4.69, 9.17) is 9.47 Å². The van der Waals surface area contributed by atoms with Gasteiger partial charge in [-0.1, -0.05) is 5.92 Å². The quantitative estimate of drug-likeness (QED) is 0.442. The molecular formula is C23H23IN2O3. The number of carbonyl (C=O) groups excluding carboxylic acids is 1. The second kappa shape index (κ2) is 8.33. The first-order valence-corrected chi connectivity index (χ1v) is 10.8. The Morgan fingerprint density at radius 3 is 2.59 bits per heavy atom. The zero-order valence-electron chi connectivity index (χ0n) is 16.8. The molecule has 0 N–H and O–H groups in total. The molecule has 6 heteroatoms. The number of hydrogen-bond acceptors (Lipinski definition) is 4. The second-order valence-corrected chi connectivity index (χ2v) is 8.70. The number of amides is 1. The van der Waals surface area contributed by atoms with E-state index in [1.807, 2.05) is 13.0 Å². The second-order valence-electron chi connectivity index (χ2n) is 7.54. The smallest absolute Gasteiger partial charge is 0.308 e. The number of hydrogen-bond donors (Lipinski definition) is 0. The number of ether oxygens (including phenoxy) is 2. The summed E-state index contributed by atoms with van der Waals surface area (Å²) >= 11 is 2.36. The minimum atomic E-state index is -0.272. The monoisotopic (exact) mass is 502 g/mol. The van der Waals surface area contributed by atoms with E-state index in [2.05, 4.69) is 58.5 Å². The lowest BCUT2D eigenvalue weighted by molar-refractivity contribution is -0.112. The third-order valence-corrected chi connectivity index (χ3v) is 6.31. The van der Waals surface area contributed by atoms with Crippen LogP contribution in [0.25, 0.3) is 0 Å². The van der Waals surface area contributed by atoms with Crippen LogP contribution in [0, 0.1) is 29.3 Å². The van der Waals surface area contributed by atoms with E-state index in [0.29, 0.717) is 30.7 Å². The molecule has 4 rings (SSSR count).